The van der Waals surface area contributed by atoms with Crippen LogP contribution in [0.1, 0.15) is 43.4 Å². The summed E-state index contributed by atoms with van der Waals surface area (Å²) in [6, 6.07) is 3.59. The minimum Gasteiger partial charge on any atom is -0.392 e. The summed E-state index contributed by atoms with van der Waals surface area (Å²) in [5.41, 5.74) is 1.62. The third kappa shape index (κ3) is 3.53. The maximum Gasteiger partial charge on any atom is 0.223 e. The fourth-order valence-electron chi connectivity index (χ4n) is 2.41. The number of aliphatic hydroxyl groups is 1. The van der Waals surface area contributed by atoms with Gasteiger partial charge in [0.1, 0.15) is 0 Å². The zero-order valence-corrected chi connectivity index (χ0v) is 10.6. The van der Waals surface area contributed by atoms with E-state index in [0.717, 1.165) is 36.9 Å². The van der Waals surface area contributed by atoms with Crippen molar-refractivity contribution in [3.05, 3.63) is 29.6 Å². The van der Waals surface area contributed by atoms with Crippen LogP contribution in [0.3, 0.4) is 0 Å². The van der Waals surface area contributed by atoms with Crippen LogP contribution in [0.25, 0.3) is 0 Å². The molecule has 0 spiro atoms. The van der Waals surface area contributed by atoms with E-state index in [1.807, 2.05) is 6.07 Å². The Morgan fingerprint density at radius 3 is 2.89 bits per heavy atom. The third-order valence-corrected chi connectivity index (χ3v) is 3.48. The summed E-state index contributed by atoms with van der Waals surface area (Å²) >= 11 is 0. The number of aliphatic hydroxyl groups excluding tert-OH is 1. The van der Waals surface area contributed by atoms with Gasteiger partial charge in [-0.15, -0.1) is 0 Å². The van der Waals surface area contributed by atoms with Crippen molar-refractivity contribution < 1.29 is 9.90 Å². The Balaban J connectivity index is 1.84. The number of hydrogen-bond acceptors (Lipinski definition) is 3. The Labute approximate surface area is 107 Å². The van der Waals surface area contributed by atoms with Gasteiger partial charge >= 0.3 is 0 Å². The second-order valence-electron chi connectivity index (χ2n) is 4.87. The van der Waals surface area contributed by atoms with E-state index in [4.69, 9.17) is 5.11 Å². The van der Waals surface area contributed by atoms with Gasteiger partial charge in [-0.05, 0) is 30.5 Å². The van der Waals surface area contributed by atoms with Gasteiger partial charge in [0, 0.05) is 12.1 Å². The molecule has 1 saturated carbocycles. The summed E-state index contributed by atoms with van der Waals surface area (Å²) < 4.78 is 0. The fourth-order valence-corrected chi connectivity index (χ4v) is 2.41. The quantitative estimate of drug-likeness (QED) is 0.853. The topological polar surface area (TPSA) is 62.2 Å². The highest BCUT2D eigenvalue weighted by Crippen LogP contribution is 2.23. The van der Waals surface area contributed by atoms with Crippen molar-refractivity contribution in [3.63, 3.8) is 0 Å². The van der Waals surface area contributed by atoms with E-state index < -0.39 is 0 Å². The monoisotopic (exact) mass is 248 g/mol. The van der Waals surface area contributed by atoms with Crippen LogP contribution in [0.4, 0.5) is 0 Å². The van der Waals surface area contributed by atoms with E-state index in [1.165, 1.54) is 6.42 Å². The van der Waals surface area contributed by atoms with Crippen molar-refractivity contribution in [1.82, 2.24) is 10.3 Å². The van der Waals surface area contributed by atoms with E-state index in [-0.39, 0.29) is 18.4 Å². The first-order valence-electron chi connectivity index (χ1n) is 6.62. The first-order chi connectivity index (χ1) is 8.79. The average Bonchev–Trinajstić information content (AvgIpc) is 2.46. The standard InChI is InChI=1S/C14H20N2O2/c17-10-11-6-7-15-13(8-11)9-16-14(18)12-4-2-1-3-5-12/h6-8,12,17H,1-5,9-10H2,(H,16,18). The maximum absolute atomic E-state index is 11.9. The normalized spacial score (nSPS) is 16.5. The molecule has 1 aliphatic carbocycles. The first kappa shape index (κ1) is 13.0. The lowest BCUT2D eigenvalue weighted by atomic mass is 9.89. The Morgan fingerprint density at radius 2 is 2.17 bits per heavy atom. The van der Waals surface area contributed by atoms with Gasteiger partial charge < -0.3 is 10.4 Å². The molecule has 4 nitrogen and oxygen atoms in total. The van der Waals surface area contributed by atoms with Gasteiger partial charge in [0.2, 0.25) is 5.91 Å². The number of hydrogen-bond donors (Lipinski definition) is 2. The molecule has 0 saturated heterocycles. The average molecular weight is 248 g/mol. The van der Waals surface area contributed by atoms with Crippen molar-refractivity contribution in [2.24, 2.45) is 5.92 Å². The van der Waals surface area contributed by atoms with Crippen LogP contribution >= 0.6 is 0 Å². The fraction of sp³-hybridized carbons (Fsp3) is 0.571. The van der Waals surface area contributed by atoms with Gasteiger partial charge in [0.25, 0.3) is 0 Å². The van der Waals surface area contributed by atoms with Crippen LogP contribution < -0.4 is 5.32 Å². The van der Waals surface area contributed by atoms with Crippen LogP contribution in [0.2, 0.25) is 0 Å². The lowest BCUT2D eigenvalue weighted by Gasteiger charge is -2.20. The predicted octanol–water partition coefficient (Wildman–Crippen LogP) is 1.77. The molecule has 1 fully saturated rings. The summed E-state index contributed by atoms with van der Waals surface area (Å²) in [5, 5.41) is 12.0. The molecule has 2 rings (SSSR count). The summed E-state index contributed by atoms with van der Waals surface area (Å²) in [6.07, 6.45) is 7.26. The molecule has 0 radical (unpaired) electrons. The van der Waals surface area contributed by atoms with Crippen molar-refractivity contribution >= 4 is 5.91 Å². The number of carbonyl (C=O) groups is 1. The van der Waals surface area contributed by atoms with E-state index in [9.17, 15) is 4.79 Å². The molecule has 4 heteroatoms. The number of carbonyl (C=O) groups excluding carboxylic acids is 1. The van der Waals surface area contributed by atoms with E-state index >= 15 is 0 Å². The zero-order valence-electron chi connectivity index (χ0n) is 10.6. The Bertz CT molecular complexity index is 401. The number of nitrogens with zero attached hydrogens (tertiary/aromatic N) is 1. The summed E-state index contributed by atoms with van der Waals surface area (Å²) in [7, 11) is 0. The maximum atomic E-state index is 11.9. The molecule has 98 valence electrons. The first-order valence-corrected chi connectivity index (χ1v) is 6.62. The van der Waals surface area contributed by atoms with Crippen LogP contribution in [0.15, 0.2) is 18.3 Å². The Morgan fingerprint density at radius 1 is 1.39 bits per heavy atom. The van der Waals surface area contributed by atoms with Crippen molar-refractivity contribution in [2.75, 3.05) is 0 Å². The molecule has 1 aromatic heterocycles. The number of nitrogens with one attached hydrogen (secondary N) is 1. The molecular weight excluding hydrogens is 228 g/mol. The highest BCUT2D eigenvalue weighted by molar-refractivity contribution is 5.78. The van der Waals surface area contributed by atoms with Gasteiger partial charge in [-0.1, -0.05) is 19.3 Å². The SMILES string of the molecule is O=C(NCc1cc(CO)ccn1)C1CCCCC1. The molecule has 0 aliphatic heterocycles. The summed E-state index contributed by atoms with van der Waals surface area (Å²) in [6.45, 7) is 0.454. The molecule has 18 heavy (non-hydrogen) atoms. The minimum absolute atomic E-state index is 0.00604. The summed E-state index contributed by atoms with van der Waals surface area (Å²) in [5.74, 6) is 0.325. The molecule has 1 aliphatic rings. The number of amides is 1. The number of aromatic nitrogens is 1. The molecular formula is C14H20N2O2. The van der Waals surface area contributed by atoms with Crippen molar-refractivity contribution in [2.45, 2.75) is 45.3 Å². The number of pyridine rings is 1. The van der Waals surface area contributed by atoms with E-state index in [2.05, 4.69) is 10.3 Å². The lowest BCUT2D eigenvalue weighted by Crippen LogP contribution is -2.31. The Hall–Kier alpha value is -1.42. The summed E-state index contributed by atoms with van der Waals surface area (Å²) in [4.78, 5) is 16.1. The second-order valence-corrected chi connectivity index (χ2v) is 4.87. The van der Waals surface area contributed by atoms with E-state index in [1.54, 1.807) is 12.3 Å². The molecule has 0 atom stereocenters. The van der Waals surface area contributed by atoms with Crippen molar-refractivity contribution in [3.8, 4) is 0 Å². The van der Waals surface area contributed by atoms with Crippen LogP contribution in [0.5, 0.6) is 0 Å². The van der Waals surface area contributed by atoms with Crippen molar-refractivity contribution in [1.29, 1.82) is 0 Å². The van der Waals surface area contributed by atoms with E-state index in [0.29, 0.717) is 6.54 Å². The smallest absolute Gasteiger partial charge is 0.223 e. The molecule has 2 N–H and O–H groups in total. The lowest BCUT2D eigenvalue weighted by molar-refractivity contribution is -0.126. The second kappa shape index (κ2) is 6.50. The molecule has 1 heterocycles. The largest absolute Gasteiger partial charge is 0.392 e. The highest BCUT2D eigenvalue weighted by Gasteiger charge is 2.20. The molecule has 1 aromatic rings. The molecule has 0 unspecified atom stereocenters. The van der Waals surface area contributed by atoms with Gasteiger partial charge in [-0.3, -0.25) is 9.78 Å². The van der Waals surface area contributed by atoms with Gasteiger partial charge in [-0.2, -0.15) is 0 Å². The third-order valence-electron chi connectivity index (χ3n) is 3.48. The van der Waals surface area contributed by atoms with Gasteiger partial charge in [0.05, 0.1) is 18.8 Å². The van der Waals surface area contributed by atoms with Crippen LogP contribution in [-0.4, -0.2) is 16.0 Å². The molecule has 0 bridgehead atoms. The number of rotatable bonds is 4. The van der Waals surface area contributed by atoms with Crippen LogP contribution in [0, 0.1) is 5.92 Å². The molecule has 0 aromatic carbocycles. The van der Waals surface area contributed by atoms with Gasteiger partial charge in [-0.25, -0.2) is 0 Å². The minimum atomic E-state index is 0.00604. The predicted molar refractivity (Wildman–Crippen MR) is 68.6 cm³/mol. The Kier molecular flexibility index (Phi) is 4.70. The molecule has 1 amide bonds. The zero-order chi connectivity index (χ0) is 12.8. The highest BCUT2D eigenvalue weighted by atomic mass is 16.3. The van der Waals surface area contributed by atoms with Crippen LogP contribution in [-0.2, 0) is 17.9 Å². The van der Waals surface area contributed by atoms with Gasteiger partial charge in [0.15, 0.2) is 0 Å².